The summed E-state index contributed by atoms with van der Waals surface area (Å²) in [6, 6.07) is 7.03. The van der Waals surface area contributed by atoms with Gasteiger partial charge in [-0.3, -0.25) is 10.1 Å². The van der Waals surface area contributed by atoms with E-state index in [4.69, 9.17) is 0 Å². The summed E-state index contributed by atoms with van der Waals surface area (Å²) in [5.74, 6) is 0. The smallest absolute Gasteiger partial charge is 0.273 e. The Kier molecular flexibility index (Phi) is 2.44. The van der Waals surface area contributed by atoms with Crippen molar-refractivity contribution in [3.8, 4) is 0 Å². The zero-order valence-electron chi connectivity index (χ0n) is 8.69. The molecule has 1 aromatic rings. The average molecular weight is 206 g/mol. The first-order valence-electron chi connectivity index (χ1n) is 5.08. The van der Waals surface area contributed by atoms with Crippen molar-refractivity contribution in [2.75, 3.05) is 13.1 Å². The molecular formula is C11H14N2O2. The minimum absolute atomic E-state index is 0.0936. The molecule has 1 aliphatic rings. The summed E-state index contributed by atoms with van der Waals surface area (Å²) < 4.78 is 0. The van der Waals surface area contributed by atoms with Gasteiger partial charge in [0.2, 0.25) is 0 Å². The lowest BCUT2D eigenvalue weighted by Gasteiger charge is -2.22. The second kappa shape index (κ2) is 3.62. The molecule has 1 N–H and O–H groups in total. The lowest BCUT2D eigenvalue weighted by atomic mass is 9.81. The van der Waals surface area contributed by atoms with Crippen LogP contribution in [-0.4, -0.2) is 18.0 Å². The Morgan fingerprint density at radius 1 is 1.47 bits per heavy atom. The molecular weight excluding hydrogens is 192 g/mol. The van der Waals surface area contributed by atoms with Crippen LogP contribution in [0, 0.1) is 10.1 Å². The fourth-order valence-electron chi connectivity index (χ4n) is 2.19. The van der Waals surface area contributed by atoms with Gasteiger partial charge in [-0.15, -0.1) is 0 Å². The first kappa shape index (κ1) is 10.1. The van der Waals surface area contributed by atoms with E-state index in [-0.39, 0.29) is 16.0 Å². The van der Waals surface area contributed by atoms with Crippen molar-refractivity contribution in [3.05, 3.63) is 39.9 Å². The van der Waals surface area contributed by atoms with Crippen LogP contribution in [0.4, 0.5) is 5.69 Å². The molecule has 1 saturated heterocycles. The van der Waals surface area contributed by atoms with Crippen molar-refractivity contribution < 1.29 is 4.92 Å². The predicted octanol–water partition coefficient (Wildman–Crippen LogP) is 1.85. The van der Waals surface area contributed by atoms with Crippen molar-refractivity contribution in [2.24, 2.45) is 0 Å². The third kappa shape index (κ3) is 1.72. The minimum Gasteiger partial charge on any atom is -0.316 e. The number of hydrogen-bond acceptors (Lipinski definition) is 3. The highest BCUT2D eigenvalue weighted by Gasteiger charge is 2.35. The molecule has 0 aromatic heterocycles. The average Bonchev–Trinajstić information content (AvgIpc) is 2.66. The summed E-state index contributed by atoms with van der Waals surface area (Å²) in [5.41, 5.74) is 0.993. The van der Waals surface area contributed by atoms with Crippen LogP contribution in [0.1, 0.15) is 18.9 Å². The van der Waals surface area contributed by atoms with Gasteiger partial charge in [0.05, 0.1) is 4.92 Å². The largest absolute Gasteiger partial charge is 0.316 e. The molecule has 0 amide bonds. The van der Waals surface area contributed by atoms with Gasteiger partial charge in [0, 0.05) is 23.6 Å². The molecule has 4 heteroatoms. The Morgan fingerprint density at radius 2 is 2.20 bits per heavy atom. The van der Waals surface area contributed by atoms with Crippen LogP contribution in [-0.2, 0) is 5.41 Å². The van der Waals surface area contributed by atoms with Gasteiger partial charge < -0.3 is 5.32 Å². The Bertz CT molecular complexity index is 384. The molecule has 1 aliphatic heterocycles. The SMILES string of the molecule is CC1(c2ccccc2[N+](=O)[O-])CCNC1. The maximum Gasteiger partial charge on any atom is 0.273 e. The van der Waals surface area contributed by atoms with Gasteiger partial charge in [-0.05, 0) is 13.0 Å². The van der Waals surface area contributed by atoms with Crippen molar-refractivity contribution in [1.82, 2.24) is 5.32 Å². The normalized spacial score (nSPS) is 25.4. The van der Waals surface area contributed by atoms with E-state index in [1.54, 1.807) is 12.1 Å². The van der Waals surface area contributed by atoms with Gasteiger partial charge in [0.1, 0.15) is 0 Å². The van der Waals surface area contributed by atoms with Gasteiger partial charge in [-0.25, -0.2) is 0 Å². The van der Waals surface area contributed by atoms with Crippen LogP contribution >= 0.6 is 0 Å². The van der Waals surface area contributed by atoms with Crippen molar-refractivity contribution in [1.29, 1.82) is 0 Å². The van der Waals surface area contributed by atoms with Crippen LogP contribution < -0.4 is 5.32 Å². The Labute approximate surface area is 88.5 Å². The molecule has 0 spiro atoms. The highest BCUT2D eigenvalue weighted by Crippen LogP contribution is 2.35. The second-order valence-corrected chi connectivity index (χ2v) is 4.26. The van der Waals surface area contributed by atoms with E-state index in [0.717, 1.165) is 25.1 Å². The number of benzene rings is 1. The fraction of sp³-hybridized carbons (Fsp3) is 0.455. The molecule has 0 radical (unpaired) electrons. The lowest BCUT2D eigenvalue weighted by Crippen LogP contribution is -2.25. The highest BCUT2D eigenvalue weighted by atomic mass is 16.6. The quantitative estimate of drug-likeness (QED) is 0.593. The van der Waals surface area contributed by atoms with Crippen LogP contribution in [0.25, 0.3) is 0 Å². The van der Waals surface area contributed by atoms with Gasteiger partial charge in [0.25, 0.3) is 5.69 Å². The summed E-state index contributed by atoms with van der Waals surface area (Å²) in [7, 11) is 0. The van der Waals surface area contributed by atoms with Gasteiger partial charge >= 0.3 is 0 Å². The van der Waals surface area contributed by atoms with Gasteiger partial charge in [-0.1, -0.05) is 25.1 Å². The summed E-state index contributed by atoms with van der Waals surface area (Å²) in [4.78, 5) is 10.6. The Balaban J connectivity index is 2.47. The van der Waals surface area contributed by atoms with Crippen molar-refractivity contribution in [3.63, 3.8) is 0 Å². The number of hydrogen-bond donors (Lipinski definition) is 1. The lowest BCUT2D eigenvalue weighted by molar-refractivity contribution is -0.386. The molecule has 0 bridgehead atoms. The standard InChI is InChI=1S/C11H14N2O2/c1-11(6-7-12-8-11)9-4-2-3-5-10(9)13(14)15/h2-5,12H,6-8H2,1H3. The molecule has 80 valence electrons. The van der Waals surface area contributed by atoms with Crippen molar-refractivity contribution >= 4 is 5.69 Å². The Hall–Kier alpha value is -1.42. The fourth-order valence-corrected chi connectivity index (χ4v) is 2.19. The van der Waals surface area contributed by atoms with Crippen LogP contribution in [0.5, 0.6) is 0 Å². The third-order valence-corrected chi connectivity index (χ3v) is 3.12. The highest BCUT2D eigenvalue weighted by molar-refractivity contribution is 5.45. The maximum absolute atomic E-state index is 10.9. The van der Waals surface area contributed by atoms with E-state index in [0.29, 0.717) is 0 Å². The number of nitro benzene ring substituents is 1. The molecule has 1 atom stereocenters. The van der Waals surface area contributed by atoms with E-state index in [1.807, 2.05) is 12.1 Å². The van der Waals surface area contributed by atoms with E-state index >= 15 is 0 Å². The molecule has 15 heavy (non-hydrogen) atoms. The third-order valence-electron chi connectivity index (χ3n) is 3.12. The van der Waals surface area contributed by atoms with E-state index in [1.165, 1.54) is 0 Å². The monoisotopic (exact) mass is 206 g/mol. The van der Waals surface area contributed by atoms with Gasteiger partial charge in [0.15, 0.2) is 0 Å². The predicted molar refractivity (Wildman–Crippen MR) is 57.9 cm³/mol. The molecule has 1 fully saturated rings. The number of para-hydroxylation sites is 1. The molecule has 4 nitrogen and oxygen atoms in total. The number of nitrogens with one attached hydrogen (secondary N) is 1. The second-order valence-electron chi connectivity index (χ2n) is 4.26. The number of rotatable bonds is 2. The number of nitrogens with zero attached hydrogens (tertiary/aromatic N) is 1. The summed E-state index contributed by atoms with van der Waals surface area (Å²) in [6.07, 6.45) is 0.956. The summed E-state index contributed by atoms with van der Waals surface area (Å²) in [5, 5.41) is 14.2. The van der Waals surface area contributed by atoms with E-state index in [9.17, 15) is 10.1 Å². The molecule has 1 heterocycles. The van der Waals surface area contributed by atoms with Crippen molar-refractivity contribution in [2.45, 2.75) is 18.8 Å². The van der Waals surface area contributed by atoms with E-state index < -0.39 is 0 Å². The molecule has 0 saturated carbocycles. The minimum atomic E-state index is -0.293. The first-order chi connectivity index (χ1) is 7.13. The molecule has 1 aromatic carbocycles. The summed E-state index contributed by atoms with van der Waals surface area (Å²) >= 11 is 0. The zero-order valence-corrected chi connectivity index (χ0v) is 8.69. The maximum atomic E-state index is 10.9. The van der Waals surface area contributed by atoms with Crippen LogP contribution in [0.3, 0.4) is 0 Å². The molecule has 2 rings (SSSR count). The van der Waals surface area contributed by atoms with Gasteiger partial charge in [-0.2, -0.15) is 0 Å². The van der Waals surface area contributed by atoms with E-state index in [2.05, 4.69) is 12.2 Å². The number of nitro groups is 1. The molecule has 0 aliphatic carbocycles. The first-order valence-corrected chi connectivity index (χ1v) is 5.08. The van der Waals surface area contributed by atoms with Crippen LogP contribution in [0.2, 0.25) is 0 Å². The zero-order chi connectivity index (χ0) is 10.9. The molecule has 1 unspecified atom stereocenters. The Morgan fingerprint density at radius 3 is 2.80 bits per heavy atom. The summed E-state index contributed by atoms with van der Waals surface area (Å²) in [6.45, 7) is 3.83. The van der Waals surface area contributed by atoms with Crippen LogP contribution in [0.15, 0.2) is 24.3 Å². The topological polar surface area (TPSA) is 55.2 Å².